The van der Waals surface area contributed by atoms with Crippen LogP contribution in [-0.4, -0.2) is 25.5 Å². The van der Waals surface area contributed by atoms with Crippen LogP contribution in [0.3, 0.4) is 0 Å². The van der Waals surface area contributed by atoms with Gasteiger partial charge < -0.3 is 5.32 Å². The average Bonchev–Trinajstić information content (AvgIpc) is 3.11. The van der Waals surface area contributed by atoms with E-state index in [4.69, 9.17) is 23.2 Å². The van der Waals surface area contributed by atoms with Gasteiger partial charge in [0, 0.05) is 17.7 Å². The molecule has 0 atom stereocenters. The number of nitrogens with zero attached hydrogens (tertiary/aromatic N) is 4. The monoisotopic (exact) mass is 449 g/mol. The smallest absolute Gasteiger partial charge is 0.279 e. The zero-order chi connectivity index (χ0) is 22.0. The number of hydrogen-bond donors (Lipinski definition) is 1. The fourth-order valence-electron chi connectivity index (χ4n) is 2.80. The molecular formula is C18H13Cl2N5O5. The number of aromatic nitrogens is 2. The number of nitro groups is 2. The van der Waals surface area contributed by atoms with E-state index in [0.29, 0.717) is 15.6 Å². The van der Waals surface area contributed by atoms with Gasteiger partial charge in [-0.15, -0.1) is 0 Å². The molecule has 0 aliphatic heterocycles. The Morgan fingerprint density at radius 1 is 1.17 bits per heavy atom. The fourth-order valence-corrected chi connectivity index (χ4v) is 3.18. The van der Waals surface area contributed by atoms with Gasteiger partial charge in [0.2, 0.25) is 0 Å². The second kappa shape index (κ2) is 8.47. The molecule has 10 nitrogen and oxygen atoms in total. The largest absolute Gasteiger partial charge is 0.307 e. The number of nitro benzene ring substituents is 2. The first-order chi connectivity index (χ1) is 14.2. The van der Waals surface area contributed by atoms with E-state index in [9.17, 15) is 25.0 Å². The minimum absolute atomic E-state index is 0.00653. The molecular weight excluding hydrogens is 437 g/mol. The number of halogens is 2. The average molecular weight is 450 g/mol. The Morgan fingerprint density at radius 3 is 2.57 bits per heavy atom. The molecule has 0 saturated carbocycles. The number of nitrogens with one attached hydrogen (secondary N) is 1. The van der Waals surface area contributed by atoms with E-state index in [0.717, 1.165) is 12.1 Å². The number of hydrogen-bond acceptors (Lipinski definition) is 6. The van der Waals surface area contributed by atoms with Gasteiger partial charge in [-0.25, -0.2) is 4.68 Å². The molecule has 0 spiro atoms. The molecule has 1 heterocycles. The van der Waals surface area contributed by atoms with Gasteiger partial charge in [0.25, 0.3) is 17.3 Å². The van der Waals surface area contributed by atoms with Crippen LogP contribution in [-0.2, 0) is 6.54 Å². The van der Waals surface area contributed by atoms with Crippen molar-refractivity contribution in [3.63, 3.8) is 0 Å². The van der Waals surface area contributed by atoms with Gasteiger partial charge in [0.05, 0.1) is 44.3 Å². The van der Waals surface area contributed by atoms with Crippen molar-refractivity contribution in [2.75, 3.05) is 5.32 Å². The minimum Gasteiger partial charge on any atom is -0.307 e. The van der Waals surface area contributed by atoms with Crippen molar-refractivity contribution in [1.29, 1.82) is 0 Å². The van der Waals surface area contributed by atoms with Crippen LogP contribution in [0.2, 0.25) is 10.0 Å². The number of rotatable bonds is 6. The number of amides is 1. The summed E-state index contributed by atoms with van der Waals surface area (Å²) in [7, 11) is 0. The highest BCUT2D eigenvalue weighted by Crippen LogP contribution is 2.29. The molecule has 1 amide bonds. The van der Waals surface area contributed by atoms with Gasteiger partial charge in [-0.2, -0.15) is 5.10 Å². The van der Waals surface area contributed by atoms with E-state index in [1.165, 1.54) is 23.9 Å². The van der Waals surface area contributed by atoms with Crippen LogP contribution in [0.25, 0.3) is 0 Å². The lowest BCUT2D eigenvalue weighted by atomic mass is 10.0. The Hall–Kier alpha value is -3.50. The van der Waals surface area contributed by atoms with Gasteiger partial charge in [-0.3, -0.25) is 25.0 Å². The summed E-state index contributed by atoms with van der Waals surface area (Å²) in [6.45, 7) is 1.54. The lowest BCUT2D eigenvalue weighted by Gasteiger charge is -2.12. The van der Waals surface area contributed by atoms with Crippen LogP contribution in [0.1, 0.15) is 21.5 Å². The second-order valence-electron chi connectivity index (χ2n) is 6.19. The second-order valence-corrected chi connectivity index (χ2v) is 6.98. The number of non-ortho nitro benzene ring substituents is 1. The third-order valence-corrected chi connectivity index (χ3v) is 5.19. The van der Waals surface area contributed by atoms with Crippen LogP contribution in [0.5, 0.6) is 0 Å². The Labute approximate surface area is 179 Å². The van der Waals surface area contributed by atoms with Crippen LogP contribution in [0.15, 0.2) is 42.6 Å². The zero-order valence-corrected chi connectivity index (χ0v) is 16.8. The predicted molar refractivity (Wildman–Crippen MR) is 110 cm³/mol. The summed E-state index contributed by atoms with van der Waals surface area (Å²) in [5, 5.41) is 29.7. The molecule has 0 fully saturated rings. The standard InChI is InChI=1S/C18H13Cl2N5O5/c1-10-13(7-12(24(27)28)8-15(10)25(29)30)18(26)22-16-5-6-21-23(16)9-11-3-2-4-14(19)17(11)20/h2-8H,9H2,1H3,(H,22,26). The Balaban J connectivity index is 1.93. The van der Waals surface area contributed by atoms with E-state index in [1.54, 1.807) is 18.2 Å². The SMILES string of the molecule is Cc1c(C(=O)Nc2ccnn2Cc2cccc(Cl)c2Cl)cc([N+](=O)[O-])cc1[N+](=O)[O-]. The van der Waals surface area contributed by atoms with E-state index in [-0.39, 0.29) is 23.5 Å². The summed E-state index contributed by atoms with van der Waals surface area (Å²) in [6, 6.07) is 8.42. The highest BCUT2D eigenvalue weighted by molar-refractivity contribution is 6.42. The maximum atomic E-state index is 12.8. The van der Waals surface area contributed by atoms with E-state index >= 15 is 0 Å². The van der Waals surface area contributed by atoms with Crippen molar-refractivity contribution in [2.24, 2.45) is 0 Å². The van der Waals surface area contributed by atoms with Crippen molar-refractivity contribution in [1.82, 2.24) is 9.78 Å². The summed E-state index contributed by atoms with van der Waals surface area (Å²) in [6.07, 6.45) is 1.44. The van der Waals surface area contributed by atoms with Crippen molar-refractivity contribution >= 4 is 46.3 Å². The van der Waals surface area contributed by atoms with Crippen LogP contribution in [0.4, 0.5) is 17.2 Å². The molecule has 0 aliphatic carbocycles. The molecule has 30 heavy (non-hydrogen) atoms. The normalized spacial score (nSPS) is 10.6. The van der Waals surface area contributed by atoms with Gasteiger partial charge in [-0.05, 0) is 18.6 Å². The number of carbonyl (C=O) groups is 1. The van der Waals surface area contributed by atoms with Crippen LogP contribution in [0, 0.1) is 27.2 Å². The first kappa shape index (κ1) is 21.2. The molecule has 154 valence electrons. The lowest BCUT2D eigenvalue weighted by Crippen LogP contribution is -2.18. The molecule has 2 aromatic carbocycles. The number of anilines is 1. The van der Waals surface area contributed by atoms with E-state index < -0.39 is 27.1 Å². The maximum absolute atomic E-state index is 12.8. The number of benzene rings is 2. The van der Waals surface area contributed by atoms with Crippen LogP contribution >= 0.6 is 23.2 Å². The van der Waals surface area contributed by atoms with Crippen molar-refractivity contribution < 1.29 is 14.6 Å². The van der Waals surface area contributed by atoms with E-state index in [1.807, 2.05) is 0 Å². The lowest BCUT2D eigenvalue weighted by molar-refractivity contribution is -0.394. The molecule has 1 N–H and O–H groups in total. The number of carbonyl (C=O) groups excluding carboxylic acids is 1. The third-order valence-electron chi connectivity index (χ3n) is 4.33. The quantitative estimate of drug-likeness (QED) is 0.431. The topological polar surface area (TPSA) is 133 Å². The van der Waals surface area contributed by atoms with E-state index in [2.05, 4.69) is 10.4 Å². The summed E-state index contributed by atoms with van der Waals surface area (Å²) in [4.78, 5) is 33.5. The Kier molecular flexibility index (Phi) is 5.99. The summed E-state index contributed by atoms with van der Waals surface area (Å²) in [5.74, 6) is -0.483. The predicted octanol–water partition coefficient (Wildman–Crippen LogP) is 4.62. The summed E-state index contributed by atoms with van der Waals surface area (Å²) < 4.78 is 1.44. The van der Waals surface area contributed by atoms with Crippen molar-refractivity contribution in [2.45, 2.75) is 13.5 Å². The Morgan fingerprint density at radius 2 is 1.90 bits per heavy atom. The molecule has 0 saturated heterocycles. The fraction of sp³-hybridized carbons (Fsp3) is 0.111. The van der Waals surface area contributed by atoms with Gasteiger partial charge >= 0.3 is 0 Å². The molecule has 0 radical (unpaired) electrons. The highest BCUT2D eigenvalue weighted by Gasteiger charge is 2.25. The molecule has 12 heteroatoms. The molecule has 0 aliphatic rings. The Bertz CT molecular complexity index is 1180. The summed E-state index contributed by atoms with van der Waals surface area (Å²) in [5.41, 5.74) is -0.604. The zero-order valence-electron chi connectivity index (χ0n) is 15.3. The van der Waals surface area contributed by atoms with Gasteiger partial charge in [0.15, 0.2) is 0 Å². The molecule has 3 rings (SSSR count). The molecule has 0 unspecified atom stereocenters. The van der Waals surface area contributed by atoms with Crippen molar-refractivity contribution in [3.8, 4) is 0 Å². The third kappa shape index (κ3) is 4.24. The first-order valence-corrected chi connectivity index (χ1v) is 9.14. The van der Waals surface area contributed by atoms with Crippen LogP contribution < -0.4 is 5.32 Å². The molecule has 0 bridgehead atoms. The minimum atomic E-state index is -0.797. The highest BCUT2D eigenvalue weighted by atomic mass is 35.5. The summed E-state index contributed by atoms with van der Waals surface area (Å²) >= 11 is 12.2. The van der Waals surface area contributed by atoms with Crippen molar-refractivity contribution in [3.05, 3.63) is 89.6 Å². The first-order valence-electron chi connectivity index (χ1n) is 8.38. The maximum Gasteiger partial charge on any atom is 0.279 e. The molecule has 1 aromatic heterocycles. The van der Waals surface area contributed by atoms with Gasteiger partial charge in [-0.1, -0.05) is 35.3 Å². The van der Waals surface area contributed by atoms with Gasteiger partial charge in [0.1, 0.15) is 5.82 Å². The molecule has 3 aromatic rings.